The third-order valence-corrected chi connectivity index (χ3v) is 4.81. The highest BCUT2D eigenvalue weighted by Gasteiger charge is 2.29. The molecule has 0 aliphatic carbocycles. The first-order valence-corrected chi connectivity index (χ1v) is 9.25. The van der Waals surface area contributed by atoms with Gasteiger partial charge in [0.2, 0.25) is 5.89 Å². The van der Waals surface area contributed by atoms with Gasteiger partial charge in [-0.15, -0.1) is 0 Å². The Balaban J connectivity index is 1.47. The van der Waals surface area contributed by atoms with Crippen molar-refractivity contribution in [2.75, 3.05) is 20.3 Å². The Bertz CT molecular complexity index is 848. The highest BCUT2D eigenvalue weighted by atomic mass is 16.5. The molecule has 0 spiro atoms. The van der Waals surface area contributed by atoms with E-state index in [4.69, 9.17) is 13.8 Å². The summed E-state index contributed by atoms with van der Waals surface area (Å²) in [7, 11) is 1.67. The van der Waals surface area contributed by atoms with Crippen LogP contribution in [0.25, 0.3) is 11.3 Å². The number of likely N-dealkylation sites (tertiary alicyclic amines) is 1. The minimum absolute atomic E-state index is 0.108. The van der Waals surface area contributed by atoms with Gasteiger partial charge in [0.05, 0.1) is 19.2 Å². The lowest BCUT2D eigenvalue weighted by molar-refractivity contribution is 0.101. The fourth-order valence-electron chi connectivity index (χ4n) is 3.40. The first-order valence-electron chi connectivity index (χ1n) is 9.25. The van der Waals surface area contributed by atoms with Gasteiger partial charge < -0.3 is 13.8 Å². The van der Waals surface area contributed by atoms with Crippen molar-refractivity contribution in [2.45, 2.75) is 38.3 Å². The van der Waals surface area contributed by atoms with Gasteiger partial charge in [0.1, 0.15) is 5.69 Å². The van der Waals surface area contributed by atoms with Gasteiger partial charge in [-0.1, -0.05) is 16.7 Å². The smallest absolute Gasteiger partial charge is 0.244 e. The molecule has 0 N–H and O–H groups in total. The monoisotopic (exact) mass is 369 g/mol. The Hall–Kier alpha value is -2.58. The van der Waals surface area contributed by atoms with Crippen molar-refractivity contribution >= 4 is 0 Å². The summed E-state index contributed by atoms with van der Waals surface area (Å²) in [6.07, 6.45) is 7.45. The largest absolute Gasteiger partial charge is 0.384 e. The fourth-order valence-corrected chi connectivity index (χ4v) is 3.40. The molecule has 4 heterocycles. The number of aromatic nitrogens is 4. The molecule has 0 bridgehead atoms. The van der Waals surface area contributed by atoms with Crippen molar-refractivity contribution in [1.82, 2.24) is 25.2 Å². The molecule has 4 rings (SSSR count). The minimum atomic E-state index is 0.108. The van der Waals surface area contributed by atoms with Crippen LogP contribution < -0.4 is 0 Å². The Labute approximate surface area is 157 Å². The number of ether oxygens (including phenoxy) is 1. The van der Waals surface area contributed by atoms with Crippen LogP contribution in [0.2, 0.25) is 0 Å². The molecular formula is C19H23N5O3. The van der Waals surface area contributed by atoms with Gasteiger partial charge in [-0.05, 0) is 31.5 Å². The van der Waals surface area contributed by atoms with E-state index >= 15 is 0 Å². The van der Waals surface area contributed by atoms with E-state index in [1.807, 2.05) is 18.2 Å². The zero-order valence-corrected chi connectivity index (χ0v) is 15.4. The molecule has 3 aromatic rings. The predicted octanol–water partition coefficient (Wildman–Crippen LogP) is 3.04. The number of methoxy groups -OCH3 is 1. The van der Waals surface area contributed by atoms with E-state index in [1.54, 1.807) is 19.5 Å². The summed E-state index contributed by atoms with van der Waals surface area (Å²) >= 11 is 0. The summed E-state index contributed by atoms with van der Waals surface area (Å²) in [5.41, 5.74) is 1.82. The Kier molecular flexibility index (Phi) is 5.55. The van der Waals surface area contributed by atoms with Crippen molar-refractivity contribution in [2.24, 2.45) is 0 Å². The highest BCUT2D eigenvalue weighted by Crippen LogP contribution is 2.31. The summed E-state index contributed by atoms with van der Waals surface area (Å²) in [4.78, 5) is 10.9. The third kappa shape index (κ3) is 4.23. The maximum atomic E-state index is 5.57. The van der Waals surface area contributed by atoms with Gasteiger partial charge in [0.25, 0.3) is 0 Å². The molecule has 1 saturated heterocycles. The lowest BCUT2D eigenvalue weighted by Gasteiger charge is -2.32. The van der Waals surface area contributed by atoms with E-state index in [2.05, 4.69) is 25.2 Å². The van der Waals surface area contributed by atoms with Gasteiger partial charge in [0.15, 0.2) is 11.6 Å². The molecule has 1 aliphatic heterocycles. The second-order valence-electron chi connectivity index (χ2n) is 6.69. The third-order valence-electron chi connectivity index (χ3n) is 4.81. The summed E-state index contributed by atoms with van der Waals surface area (Å²) in [6, 6.07) is 5.94. The molecule has 1 aliphatic rings. The number of nitrogens with zero attached hydrogens (tertiary/aromatic N) is 5. The topological polar surface area (TPSA) is 90.3 Å². The van der Waals surface area contributed by atoms with Gasteiger partial charge in [-0.3, -0.25) is 9.88 Å². The van der Waals surface area contributed by atoms with Crippen molar-refractivity contribution < 1.29 is 13.8 Å². The fraction of sp³-hybridized carbons (Fsp3) is 0.474. The minimum Gasteiger partial charge on any atom is -0.384 e. The van der Waals surface area contributed by atoms with Crippen LogP contribution in [-0.2, 0) is 17.7 Å². The Morgan fingerprint density at radius 3 is 2.93 bits per heavy atom. The zero-order valence-electron chi connectivity index (χ0n) is 15.4. The second-order valence-corrected chi connectivity index (χ2v) is 6.69. The number of hydrogen-bond acceptors (Lipinski definition) is 8. The molecule has 8 nitrogen and oxygen atoms in total. The van der Waals surface area contributed by atoms with Crippen molar-refractivity contribution in [3.8, 4) is 11.3 Å². The van der Waals surface area contributed by atoms with E-state index < -0.39 is 0 Å². The SMILES string of the molecule is COCCc1noc([C@@H]2CCCCN2Cc2cc(-c3ccncc3)no2)n1. The molecule has 0 saturated carbocycles. The van der Waals surface area contributed by atoms with Crippen molar-refractivity contribution in [1.29, 1.82) is 0 Å². The number of hydrogen-bond donors (Lipinski definition) is 0. The van der Waals surface area contributed by atoms with Crippen LogP contribution in [0, 0.1) is 0 Å². The van der Waals surface area contributed by atoms with Crippen molar-refractivity contribution in [3.63, 3.8) is 0 Å². The lowest BCUT2D eigenvalue weighted by atomic mass is 10.0. The zero-order chi connectivity index (χ0) is 18.5. The Morgan fingerprint density at radius 2 is 2.07 bits per heavy atom. The molecular weight excluding hydrogens is 346 g/mol. The predicted molar refractivity (Wildman–Crippen MR) is 96.6 cm³/mol. The normalized spacial score (nSPS) is 18.0. The molecule has 0 amide bonds. The van der Waals surface area contributed by atoms with Crippen molar-refractivity contribution in [3.05, 3.63) is 48.1 Å². The van der Waals surface area contributed by atoms with Crippen LogP contribution in [-0.4, -0.2) is 45.4 Å². The molecule has 1 atom stereocenters. The van der Waals surface area contributed by atoms with Crippen LogP contribution in [0.5, 0.6) is 0 Å². The highest BCUT2D eigenvalue weighted by molar-refractivity contribution is 5.57. The maximum Gasteiger partial charge on any atom is 0.244 e. The van der Waals surface area contributed by atoms with E-state index in [-0.39, 0.29) is 6.04 Å². The summed E-state index contributed by atoms with van der Waals surface area (Å²) in [6.45, 7) is 2.22. The first-order chi connectivity index (χ1) is 13.3. The quantitative estimate of drug-likeness (QED) is 0.628. The van der Waals surface area contributed by atoms with Crippen LogP contribution in [0.4, 0.5) is 0 Å². The van der Waals surface area contributed by atoms with Gasteiger partial charge in [-0.25, -0.2) is 0 Å². The van der Waals surface area contributed by atoms with Crippen LogP contribution in [0.3, 0.4) is 0 Å². The van der Waals surface area contributed by atoms with Gasteiger partial charge >= 0.3 is 0 Å². The van der Waals surface area contributed by atoms with E-state index in [0.29, 0.717) is 31.3 Å². The van der Waals surface area contributed by atoms with Gasteiger partial charge in [-0.2, -0.15) is 4.98 Å². The summed E-state index contributed by atoms with van der Waals surface area (Å²) in [5, 5.41) is 8.27. The average Bonchev–Trinajstić information content (AvgIpc) is 3.37. The van der Waals surface area contributed by atoms with Gasteiger partial charge in [0, 0.05) is 37.6 Å². The van der Waals surface area contributed by atoms with E-state index in [0.717, 1.165) is 42.8 Å². The number of rotatable bonds is 7. The molecule has 1 fully saturated rings. The van der Waals surface area contributed by atoms with Crippen LogP contribution in [0.15, 0.2) is 39.6 Å². The molecule has 27 heavy (non-hydrogen) atoms. The number of pyridine rings is 1. The first kappa shape index (κ1) is 17.8. The molecule has 0 unspecified atom stereocenters. The van der Waals surface area contributed by atoms with Crippen LogP contribution >= 0.6 is 0 Å². The average molecular weight is 369 g/mol. The molecule has 8 heteroatoms. The molecule has 142 valence electrons. The Morgan fingerprint density at radius 1 is 1.19 bits per heavy atom. The standard InChI is InChI=1S/C19H23N5O3/c1-25-11-7-18-21-19(27-23-18)17-4-2-3-10-24(17)13-15-12-16(22-26-15)14-5-8-20-9-6-14/h5-6,8-9,12,17H,2-4,7,10-11,13H2,1H3/t17-/m0/s1. The summed E-state index contributed by atoms with van der Waals surface area (Å²) in [5.74, 6) is 2.19. The summed E-state index contributed by atoms with van der Waals surface area (Å²) < 4.78 is 16.2. The number of piperidine rings is 1. The lowest BCUT2D eigenvalue weighted by Crippen LogP contribution is -2.33. The molecule has 0 aromatic carbocycles. The van der Waals surface area contributed by atoms with E-state index in [9.17, 15) is 0 Å². The van der Waals surface area contributed by atoms with E-state index in [1.165, 1.54) is 0 Å². The maximum absolute atomic E-state index is 5.57. The van der Waals surface area contributed by atoms with Crippen LogP contribution in [0.1, 0.15) is 42.8 Å². The molecule has 3 aromatic heterocycles. The molecule has 0 radical (unpaired) electrons. The second kappa shape index (κ2) is 8.41.